The van der Waals surface area contributed by atoms with Crippen LogP contribution >= 0.6 is 34.5 Å². The molecular weight excluding hydrogens is 279 g/mol. The molecule has 2 nitrogen and oxygen atoms in total. The van der Waals surface area contributed by atoms with Crippen molar-refractivity contribution in [3.05, 3.63) is 50.1 Å². The van der Waals surface area contributed by atoms with E-state index >= 15 is 0 Å². The van der Waals surface area contributed by atoms with Crippen molar-refractivity contribution in [1.29, 1.82) is 0 Å². The number of halogens is 2. The Hall–Kier alpha value is -0.740. The minimum absolute atomic E-state index is 0.460. The highest BCUT2D eigenvalue weighted by Gasteiger charge is 2.18. The zero-order valence-corrected chi connectivity index (χ0v) is 11.3. The maximum absolute atomic E-state index is 10.2. The molecule has 1 atom stereocenters. The number of thiophene rings is 1. The van der Waals surface area contributed by atoms with E-state index < -0.39 is 6.10 Å². The fourth-order valence-electron chi connectivity index (χ4n) is 1.50. The molecular formula is C12H10Cl2O2S. The average Bonchev–Trinajstić information content (AvgIpc) is 2.74. The molecule has 1 N–H and O–H groups in total. The molecule has 2 aromatic rings. The number of aliphatic hydroxyl groups excluding tert-OH is 1. The number of aliphatic hydroxyl groups is 1. The SMILES string of the molecule is COc1ccc(C(O)c2sccc2Cl)c(Cl)c1. The lowest BCUT2D eigenvalue weighted by Gasteiger charge is -2.12. The van der Waals surface area contributed by atoms with Crippen molar-refractivity contribution in [3.63, 3.8) is 0 Å². The molecule has 0 spiro atoms. The lowest BCUT2D eigenvalue weighted by molar-refractivity contribution is 0.224. The molecule has 0 aliphatic heterocycles. The molecule has 1 aromatic carbocycles. The summed E-state index contributed by atoms with van der Waals surface area (Å²) in [5.74, 6) is 0.656. The largest absolute Gasteiger partial charge is 0.497 e. The molecule has 0 saturated carbocycles. The Bertz CT molecular complexity index is 525. The molecule has 1 heterocycles. The van der Waals surface area contributed by atoms with Gasteiger partial charge in [0.15, 0.2) is 0 Å². The predicted octanol–water partition coefficient (Wildman–Crippen LogP) is 4.15. The Labute approximate surface area is 113 Å². The van der Waals surface area contributed by atoms with Crippen LogP contribution in [0.1, 0.15) is 16.5 Å². The van der Waals surface area contributed by atoms with Gasteiger partial charge in [0, 0.05) is 5.56 Å². The quantitative estimate of drug-likeness (QED) is 0.920. The van der Waals surface area contributed by atoms with Gasteiger partial charge in [-0.25, -0.2) is 0 Å². The van der Waals surface area contributed by atoms with Gasteiger partial charge in [-0.05, 0) is 23.6 Å². The Kier molecular flexibility index (Phi) is 3.94. The number of hydrogen-bond donors (Lipinski definition) is 1. The van der Waals surface area contributed by atoms with E-state index in [4.69, 9.17) is 27.9 Å². The number of rotatable bonds is 3. The van der Waals surface area contributed by atoms with Gasteiger partial charge in [0.2, 0.25) is 0 Å². The topological polar surface area (TPSA) is 29.5 Å². The zero-order valence-electron chi connectivity index (χ0n) is 8.98. The molecule has 5 heteroatoms. The highest BCUT2D eigenvalue weighted by atomic mass is 35.5. The molecule has 0 aliphatic rings. The van der Waals surface area contributed by atoms with Crippen LogP contribution in [0.4, 0.5) is 0 Å². The Morgan fingerprint density at radius 2 is 2.00 bits per heavy atom. The second-order valence-corrected chi connectivity index (χ2v) is 5.18. The average molecular weight is 289 g/mol. The van der Waals surface area contributed by atoms with Gasteiger partial charge in [0.05, 0.1) is 22.0 Å². The Balaban J connectivity index is 2.38. The van der Waals surface area contributed by atoms with E-state index in [1.807, 2.05) is 5.38 Å². The smallest absolute Gasteiger partial charge is 0.120 e. The van der Waals surface area contributed by atoms with E-state index in [9.17, 15) is 5.11 Å². The highest BCUT2D eigenvalue weighted by Crippen LogP contribution is 2.36. The van der Waals surface area contributed by atoms with Crippen molar-refractivity contribution in [1.82, 2.24) is 0 Å². The molecule has 17 heavy (non-hydrogen) atoms. The third-order valence-electron chi connectivity index (χ3n) is 2.40. The molecule has 90 valence electrons. The molecule has 0 saturated heterocycles. The molecule has 1 aromatic heterocycles. The number of methoxy groups -OCH3 is 1. The van der Waals surface area contributed by atoms with Gasteiger partial charge in [0.25, 0.3) is 0 Å². The summed E-state index contributed by atoms with van der Waals surface area (Å²) in [6, 6.07) is 6.91. The first-order chi connectivity index (χ1) is 8.13. The third-order valence-corrected chi connectivity index (χ3v) is 4.13. The van der Waals surface area contributed by atoms with E-state index in [1.54, 1.807) is 31.4 Å². The second-order valence-electron chi connectivity index (χ2n) is 3.42. The summed E-state index contributed by atoms with van der Waals surface area (Å²) < 4.78 is 5.05. The van der Waals surface area contributed by atoms with Crippen LogP contribution in [0.25, 0.3) is 0 Å². The van der Waals surface area contributed by atoms with Crippen LogP contribution in [0.15, 0.2) is 29.6 Å². The fraction of sp³-hybridized carbons (Fsp3) is 0.167. The van der Waals surface area contributed by atoms with Crippen molar-refractivity contribution in [2.45, 2.75) is 6.10 Å². The lowest BCUT2D eigenvalue weighted by atomic mass is 10.1. The molecule has 1 unspecified atom stereocenters. The summed E-state index contributed by atoms with van der Waals surface area (Å²) >= 11 is 13.5. The van der Waals surface area contributed by atoms with Crippen molar-refractivity contribution in [3.8, 4) is 5.75 Å². The molecule has 0 fully saturated rings. The van der Waals surface area contributed by atoms with Crippen molar-refractivity contribution in [2.75, 3.05) is 7.11 Å². The summed E-state index contributed by atoms with van der Waals surface area (Å²) in [6.45, 7) is 0. The molecule has 0 aliphatic carbocycles. The Morgan fingerprint density at radius 1 is 1.24 bits per heavy atom. The molecule has 2 rings (SSSR count). The maximum Gasteiger partial charge on any atom is 0.120 e. The normalized spacial score (nSPS) is 12.5. The van der Waals surface area contributed by atoms with Crippen molar-refractivity contribution in [2.24, 2.45) is 0 Å². The van der Waals surface area contributed by atoms with Crippen molar-refractivity contribution < 1.29 is 9.84 Å². The van der Waals surface area contributed by atoms with E-state index in [-0.39, 0.29) is 0 Å². The highest BCUT2D eigenvalue weighted by molar-refractivity contribution is 7.10. The Morgan fingerprint density at radius 3 is 2.53 bits per heavy atom. The first kappa shape index (κ1) is 12.7. The summed E-state index contributed by atoms with van der Waals surface area (Å²) in [7, 11) is 1.57. The maximum atomic E-state index is 10.2. The van der Waals surface area contributed by atoms with E-state index in [1.165, 1.54) is 11.3 Å². The molecule has 0 amide bonds. The van der Waals surface area contributed by atoms with Gasteiger partial charge in [-0.15, -0.1) is 11.3 Å². The van der Waals surface area contributed by atoms with Crippen LogP contribution in [-0.4, -0.2) is 12.2 Å². The number of benzene rings is 1. The zero-order chi connectivity index (χ0) is 12.4. The predicted molar refractivity (Wildman–Crippen MR) is 71.4 cm³/mol. The van der Waals surface area contributed by atoms with Crippen LogP contribution in [0.3, 0.4) is 0 Å². The van der Waals surface area contributed by atoms with E-state index in [0.717, 1.165) is 0 Å². The second kappa shape index (κ2) is 5.27. The van der Waals surface area contributed by atoms with Gasteiger partial charge in [-0.2, -0.15) is 0 Å². The fourth-order valence-corrected chi connectivity index (χ4v) is 2.93. The minimum atomic E-state index is -0.805. The van der Waals surface area contributed by atoms with Gasteiger partial charge in [-0.3, -0.25) is 0 Å². The lowest BCUT2D eigenvalue weighted by Crippen LogP contribution is -1.99. The van der Waals surface area contributed by atoms with Gasteiger partial charge >= 0.3 is 0 Å². The van der Waals surface area contributed by atoms with E-state index in [0.29, 0.717) is 26.2 Å². The summed E-state index contributed by atoms with van der Waals surface area (Å²) in [5.41, 5.74) is 0.622. The third kappa shape index (κ3) is 2.58. The number of hydrogen-bond acceptors (Lipinski definition) is 3. The standard InChI is InChI=1S/C12H10Cl2O2S/c1-16-7-2-3-8(10(14)6-7)11(15)12-9(13)4-5-17-12/h2-6,11,15H,1H3. The molecule has 0 radical (unpaired) electrons. The van der Waals surface area contributed by atoms with Crippen molar-refractivity contribution >= 4 is 34.5 Å². The van der Waals surface area contributed by atoms with Gasteiger partial charge in [-0.1, -0.05) is 29.3 Å². The summed E-state index contributed by atoms with van der Waals surface area (Å²) in [5, 5.41) is 13.0. The van der Waals surface area contributed by atoms with Gasteiger partial charge in [0.1, 0.15) is 11.9 Å². The van der Waals surface area contributed by atoms with Crippen LogP contribution in [0, 0.1) is 0 Å². The molecule has 0 bridgehead atoms. The monoisotopic (exact) mass is 288 g/mol. The van der Waals surface area contributed by atoms with E-state index in [2.05, 4.69) is 0 Å². The first-order valence-electron chi connectivity index (χ1n) is 4.88. The minimum Gasteiger partial charge on any atom is -0.497 e. The van der Waals surface area contributed by atoms with Crippen LogP contribution in [-0.2, 0) is 0 Å². The summed E-state index contributed by atoms with van der Waals surface area (Å²) in [4.78, 5) is 0.693. The first-order valence-corrected chi connectivity index (χ1v) is 6.51. The number of ether oxygens (including phenoxy) is 1. The van der Waals surface area contributed by atoms with Gasteiger partial charge < -0.3 is 9.84 Å². The summed E-state index contributed by atoms with van der Waals surface area (Å²) in [6.07, 6.45) is -0.805. The van der Waals surface area contributed by atoms with Crippen LogP contribution < -0.4 is 4.74 Å². The van der Waals surface area contributed by atoms with Crippen LogP contribution in [0.2, 0.25) is 10.0 Å². The van der Waals surface area contributed by atoms with Crippen LogP contribution in [0.5, 0.6) is 5.75 Å².